The van der Waals surface area contributed by atoms with Gasteiger partial charge in [0.2, 0.25) is 0 Å². The van der Waals surface area contributed by atoms with Gasteiger partial charge in [-0.05, 0) is 36.4 Å². The van der Waals surface area contributed by atoms with Crippen molar-refractivity contribution < 1.29 is 46.0 Å². The van der Waals surface area contributed by atoms with Crippen LogP contribution < -0.4 is 20.9 Å². The van der Waals surface area contributed by atoms with E-state index in [1.807, 2.05) is 0 Å². The summed E-state index contributed by atoms with van der Waals surface area (Å²) in [7, 11) is 0. The molecule has 12 heteroatoms. The van der Waals surface area contributed by atoms with Crippen molar-refractivity contribution >= 4 is 11.4 Å². The van der Waals surface area contributed by atoms with E-state index in [0.29, 0.717) is 12.1 Å². The van der Waals surface area contributed by atoms with Crippen LogP contribution in [0.25, 0.3) is 0 Å². The second-order valence-electron chi connectivity index (χ2n) is 6.49. The lowest BCUT2D eigenvalue weighted by molar-refractivity contribution is -0.139. The highest BCUT2D eigenvalue weighted by molar-refractivity contribution is 5.62. The van der Waals surface area contributed by atoms with Gasteiger partial charge in [-0.15, -0.1) is 0 Å². The zero-order valence-corrected chi connectivity index (χ0v) is 15.8. The SMILES string of the molecule is Nc1cc(Oc2ccc(Oc3cc(N)c(O)c(C(F)(F)F)c3)cc2)cc(C(F)(F)F)c1O. The summed E-state index contributed by atoms with van der Waals surface area (Å²) in [4.78, 5) is 0. The molecule has 0 fully saturated rings. The van der Waals surface area contributed by atoms with Gasteiger partial charge in [-0.25, -0.2) is 0 Å². The number of nitrogens with two attached hydrogens (primary N) is 2. The number of aromatic hydroxyl groups is 2. The van der Waals surface area contributed by atoms with E-state index in [1.54, 1.807) is 0 Å². The molecule has 6 N–H and O–H groups in total. The van der Waals surface area contributed by atoms with Crippen LogP contribution in [-0.2, 0) is 12.4 Å². The molecule has 3 rings (SSSR count). The molecule has 0 heterocycles. The van der Waals surface area contributed by atoms with Crippen LogP contribution in [0.1, 0.15) is 11.1 Å². The number of alkyl halides is 6. The van der Waals surface area contributed by atoms with E-state index in [-0.39, 0.29) is 23.0 Å². The summed E-state index contributed by atoms with van der Waals surface area (Å²) in [5.41, 5.74) is 6.94. The number of rotatable bonds is 4. The van der Waals surface area contributed by atoms with Crippen molar-refractivity contribution in [3.05, 3.63) is 59.7 Å². The summed E-state index contributed by atoms with van der Waals surface area (Å²) < 4.78 is 88.5. The first-order chi connectivity index (χ1) is 14.8. The van der Waals surface area contributed by atoms with E-state index in [2.05, 4.69) is 0 Å². The molecule has 0 aliphatic rings. The van der Waals surface area contributed by atoms with E-state index in [0.717, 1.165) is 12.1 Å². The summed E-state index contributed by atoms with van der Waals surface area (Å²) in [5.74, 6) is -2.75. The predicted molar refractivity (Wildman–Crippen MR) is 102 cm³/mol. The number of phenolic OH excluding ortho intramolecular Hbond substituents is 2. The maximum Gasteiger partial charge on any atom is 0.420 e. The van der Waals surface area contributed by atoms with Gasteiger partial charge in [-0.1, -0.05) is 0 Å². The van der Waals surface area contributed by atoms with E-state index in [1.165, 1.54) is 24.3 Å². The third-order valence-electron chi connectivity index (χ3n) is 4.13. The van der Waals surface area contributed by atoms with Gasteiger partial charge in [0, 0.05) is 12.1 Å². The Balaban J connectivity index is 1.81. The number of anilines is 2. The Kier molecular flexibility index (Phi) is 5.64. The van der Waals surface area contributed by atoms with Crippen molar-refractivity contribution in [1.29, 1.82) is 0 Å². The number of benzene rings is 3. The van der Waals surface area contributed by atoms with Gasteiger partial charge in [0.25, 0.3) is 0 Å². The third kappa shape index (κ3) is 4.85. The molecule has 0 radical (unpaired) electrons. The highest BCUT2D eigenvalue weighted by Gasteiger charge is 2.36. The van der Waals surface area contributed by atoms with Crippen LogP contribution in [-0.4, -0.2) is 10.2 Å². The predicted octanol–water partition coefficient (Wildman–Crippen LogP) is 5.88. The first-order valence-electron chi connectivity index (χ1n) is 8.61. The molecule has 0 aromatic heterocycles. The molecular formula is C20H14F6N2O4. The molecule has 3 aromatic rings. The zero-order valence-electron chi connectivity index (χ0n) is 15.8. The molecule has 0 saturated heterocycles. The Hall–Kier alpha value is -3.96. The van der Waals surface area contributed by atoms with Crippen molar-refractivity contribution in [3.63, 3.8) is 0 Å². The summed E-state index contributed by atoms with van der Waals surface area (Å²) >= 11 is 0. The highest BCUT2D eigenvalue weighted by Crippen LogP contribution is 2.43. The molecule has 0 amide bonds. The van der Waals surface area contributed by atoms with Crippen molar-refractivity contribution in [3.8, 4) is 34.5 Å². The molecule has 0 atom stereocenters. The van der Waals surface area contributed by atoms with Crippen molar-refractivity contribution in [2.24, 2.45) is 0 Å². The van der Waals surface area contributed by atoms with E-state index in [9.17, 15) is 36.6 Å². The Morgan fingerprint density at radius 2 is 0.875 bits per heavy atom. The quantitative estimate of drug-likeness (QED) is 0.220. The molecule has 6 nitrogen and oxygen atoms in total. The third-order valence-corrected chi connectivity index (χ3v) is 4.13. The minimum absolute atomic E-state index is 0.0526. The summed E-state index contributed by atoms with van der Waals surface area (Å²) in [6, 6.07) is 8.22. The van der Waals surface area contributed by atoms with Crippen molar-refractivity contribution in [1.82, 2.24) is 0 Å². The van der Waals surface area contributed by atoms with Crippen molar-refractivity contribution in [2.75, 3.05) is 11.5 Å². The number of ether oxygens (including phenoxy) is 2. The topological polar surface area (TPSA) is 111 Å². The molecule has 0 unspecified atom stereocenters. The minimum Gasteiger partial charge on any atom is -0.505 e. The van der Waals surface area contributed by atoms with Crippen LogP contribution in [0.3, 0.4) is 0 Å². The summed E-state index contributed by atoms with van der Waals surface area (Å²) in [5, 5.41) is 19.0. The van der Waals surface area contributed by atoms with Gasteiger partial charge in [-0.3, -0.25) is 0 Å². The fourth-order valence-electron chi connectivity index (χ4n) is 2.66. The van der Waals surface area contributed by atoms with E-state index in [4.69, 9.17) is 20.9 Å². The Morgan fingerprint density at radius 3 is 1.16 bits per heavy atom. The van der Waals surface area contributed by atoms with E-state index < -0.39 is 46.4 Å². The molecule has 0 bridgehead atoms. The standard InChI is InChI=1S/C20H14F6N2O4/c21-19(22,23)13-5-11(7-15(27)17(13)29)31-9-1-2-10(4-3-9)32-12-6-14(20(24,25)26)18(30)16(28)8-12/h1-8,29-30H,27-28H2. The molecule has 0 spiro atoms. The number of hydrogen-bond acceptors (Lipinski definition) is 6. The molecule has 3 aromatic carbocycles. The summed E-state index contributed by atoms with van der Waals surface area (Å²) in [6.07, 6.45) is -9.73. The second-order valence-corrected chi connectivity index (χ2v) is 6.49. The largest absolute Gasteiger partial charge is 0.505 e. The lowest BCUT2D eigenvalue weighted by Gasteiger charge is -2.15. The van der Waals surface area contributed by atoms with Crippen LogP contribution >= 0.6 is 0 Å². The van der Waals surface area contributed by atoms with Gasteiger partial charge in [0.15, 0.2) is 11.5 Å². The molecule has 32 heavy (non-hydrogen) atoms. The number of halogens is 6. The van der Waals surface area contributed by atoms with Gasteiger partial charge in [0.05, 0.1) is 11.4 Å². The number of phenols is 2. The Labute approximate surface area is 176 Å². The fourth-order valence-corrected chi connectivity index (χ4v) is 2.66. The first kappa shape index (κ1) is 22.7. The molecule has 0 aliphatic carbocycles. The smallest absolute Gasteiger partial charge is 0.420 e. The van der Waals surface area contributed by atoms with Crippen LogP contribution in [0.5, 0.6) is 34.5 Å². The average Bonchev–Trinajstić information content (AvgIpc) is 2.67. The van der Waals surface area contributed by atoms with Gasteiger partial charge >= 0.3 is 12.4 Å². The maximum absolute atomic E-state index is 13.0. The number of nitrogen functional groups attached to an aromatic ring is 2. The van der Waals surface area contributed by atoms with Crippen LogP contribution in [0, 0.1) is 0 Å². The molecule has 0 saturated carbocycles. The molecular weight excluding hydrogens is 446 g/mol. The Morgan fingerprint density at radius 1 is 0.562 bits per heavy atom. The normalized spacial score (nSPS) is 11.9. The Bertz CT molecular complexity index is 1050. The summed E-state index contributed by atoms with van der Waals surface area (Å²) in [6.45, 7) is 0. The van der Waals surface area contributed by atoms with Crippen LogP contribution in [0.2, 0.25) is 0 Å². The van der Waals surface area contributed by atoms with Crippen molar-refractivity contribution in [2.45, 2.75) is 12.4 Å². The second kappa shape index (κ2) is 7.94. The molecule has 0 aliphatic heterocycles. The number of hydrogen-bond donors (Lipinski definition) is 4. The van der Waals surface area contributed by atoms with Crippen LogP contribution in [0.15, 0.2) is 48.5 Å². The monoisotopic (exact) mass is 460 g/mol. The highest BCUT2D eigenvalue weighted by atomic mass is 19.4. The first-order valence-corrected chi connectivity index (χ1v) is 8.61. The lowest BCUT2D eigenvalue weighted by atomic mass is 10.1. The maximum atomic E-state index is 13.0. The van der Waals surface area contributed by atoms with Gasteiger partial charge in [-0.2, -0.15) is 26.3 Å². The average molecular weight is 460 g/mol. The fraction of sp³-hybridized carbons (Fsp3) is 0.100. The van der Waals surface area contributed by atoms with Gasteiger partial charge in [0.1, 0.15) is 34.1 Å². The van der Waals surface area contributed by atoms with Crippen LogP contribution in [0.4, 0.5) is 37.7 Å². The van der Waals surface area contributed by atoms with Gasteiger partial charge < -0.3 is 31.2 Å². The zero-order chi connectivity index (χ0) is 23.8. The lowest BCUT2D eigenvalue weighted by Crippen LogP contribution is -2.07. The van der Waals surface area contributed by atoms with E-state index >= 15 is 0 Å². The minimum atomic E-state index is -4.86. The molecule has 170 valence electrons.